The van der Waals surface area contributed by atoms with Gasteiger partial charge in [-0.1, -0.05) is 37.3 Å². The van der Waals surface area contributed by atoms with Crippen molar-refractivity contribution in [3.63, 3.8) is 0 Å². The van der Waals surface area contributed by atoms with Gasteiger partial charge in [-0.15, -0.1) is 0 Å². The van der Waals surface area contributed by atoms with Crippen molar-refractivity contribution in [2.45, 2.75) is 32.4 Å². The summed E-state index contributed by atoms with van der Waals surface area (Å²) in [7, 11) is 0. The fourth-order valence-corrected chi connectivity index (χ4v) is 2.03. The van der Waals surface area contributed by atoms with Crippen LogP contribution in [0, 0.1) is 0 Å². The molecule has 100 valence electrons. The summed E-state index contributed by atoms with van der Waals surface area (Å²) >= 11 is 0. The normalized spacial score (nSPS) is 18.5. The van der Waals surface area contributed by atoms with Crippen LogP contribution < -0.4 is 0 Å². The molecule has 19 heavy (non-hydrogen) atoms. The fraction of sp³-hybridized carbons (Fsp3) is 0.333. The van der Waals surface area contributed by atoms with E-state index in [1.807, 2.05) is 37.3 Å². The minimum atomic E-state index is -0.403. The summed E-state index contributed by atoms with van der Waals surface area (Å²) in [6.07, 6.45) is 3.65. The summed E-state index contributed by atoms with van der Waals surface area (Å²) in [5.74, 6) is 0.0546. The number of allylic oxidation sites excluding steroid dienone is 1. The van der Waals surface area contributed by atoms with Crippen LogP contribution in [0.3, 0.4) is 0 Å². The monoisotopic (exact) mass is 259 g/mol. The van der Waals surface area contributed by atoms with Crippen molar-refractivity contribution < 1.29 is 14.3 Å². The third kappa shape index (κ3) is 3.44. The van der Waals surface area contributed by atoms with Crippen LogP contribution >= 0.6 is 0 Å². The number of rotatable bonds is 3. The highest BCUT2D eigenvalue weighted by Crippen LogP contribution is 2.17. The van der Waals surface area contributed by atoms with Gasteiger partial charge in [0.15, 0.2) is 5.78 Å². The van der Waals surface area contributed by atoms with E-state index in [4.69, 9.17) is 4.74 Å². The van der Waals surface area contributed by atoms with Crippen molar-refractivity contribution >= 4 is 11.9 Å². The van der Waals surface area contributed by atoms with Gasteiger partial charge in [-0.05, 0) is 18.1 Å². The van der Waals surface area contributed by atoms with Crippen LogP contribution in [-0.2, 0) is 16.1 Å². The lowest BCUT2D eigenvalue weighted by molar-refractivity contribution is -0.116. The summed E-state index contributed by atoms with van der Waals surface area (Å²) in [6, 6.07) is 9.42. The molecule has 1 heterocycles. The zero-order valence-electron chi connectivity index (χ0n) is 10.9. The van der Waals surface area contributed by atoms with E-state index in [1.54, 1.807) is 0 Å². The van der Waals surface area contributed by atoms with Gasteiger partial charge in [0.05, 0.1) is 0 Å². The van der Waals surface area contributed by atoms with Gasteiger partial charge in [0.1, 0.15) is 6.61 Å². The van der Waals surface area contributed by atoms with E-state index in [9.17, 15) is 9.59 Å². The standard InChI is InChI=1S/C15H17NO3/c1-2-13-10-14(17)8-9-16(13)15(18)19-11-12-6-4-3-5-7-12/h3-9,13H,2,10-11H2,1H3. The maximum atomic E-state index is 12.0. The molecule has 0 spiro atoms. The molecule has 2 rings (SSSR count). The molecule has 1 aliphatic heterocycles. The van der Waals surface area contributed by atoms with Crippen molar-refractivity contribution in [1.82, 2.24) is 4.90 Å². The van der Waals surface area contributed by atoms with E-state index in [2.05, 4.69) is 0 Å². The Hall–Kier alpha value is -2.10. The number of nitrogens with zero attached hydrogens (tertiary/aromatic N) is 1. The zero-order chi connectivity index (χ0) is 13.7. The van der Waals surface area contributed by atoms with Crippen LogP contribution in [0.4, 0.5) is 4.79 Å². The number of carbonyl (C=O) groups excluding carboxylic acids is 2. The van der Waals surface area contributed by atoms with Crippen molar-refractivity contribution in [3.8, 4) is 0 Å². The van der Waals surface area contributed by atoms with Crippen LogP contribution in [0.5, 0.6) is 0 Å². The minimum Gasteiger partial charge on any atom is -0.444 e. The number of hydrogen-bond acceptors (Lipinski definition) is 3. The molecular weight excluding hydrogens is 242 g/mol. The Morgan fingerprint density at radius 3 is 2.79 bits per heavy atom. The Balaban J connectivity index is 1.95. The van der Waals surface area contributed by atoms with Gasteiger partial charge in [-0.25, -0.2) is 4.79 Å². The minimum absolute atomic E-state index is 0.0546. The fourth-order valence-electron chi connectivity index (χ4n) is 2.03. The highest BCUT2D eigenvalue weighted by atomic mass is 16.6. The maximum Gasteiger partial charge on any atom is 0.414 e. The number of benzene rings is 1. The van der Waals surface area contributed by atoms with Crippen molar-refractivity contribution in [2.75, 3.05) is 0 Å². The second-order valence-corrected chi connectivity index (χ2v) is 4.50. The number of amides is 1. The Labute approximate surface area is 112 Å². The molecule has 1 aliphatic rings. The third-order valence-corrected chi connectivity index (χ3v) is 3.14. The number of ketones is 1. The highest BCUT2D eigenvalue weighted by molar-refractivity contribution is 5.92. The van der Waals surface area contributed by atoms with Gasteiger partial charge in [0, 0.05) is 18.7 Å². The van der Waals surface area contributed by atoms with E-state index in [0.717, 1.165) is 12.0 Å². The van der Waals surface area contributed by atoms with Crippen LogP contribution in [-0.4, -0.2) is 22.8 Å². The van der Waals surface area contributed by atoms with E-state index >= 15 is 0 Å². The first-order valence-electron chi connectivity index (χ1n) is 6.40. The summed E-state index contributed by atoms with van der Waals surface area (Å²) < 4.78 is 5.26. The van der Waals surface area contributed by atoms with Gasteiger partial charge >= 0.3 is 6.09 Å². The molecule has 0 aromatic heterocycles. The topological polar surface area (TPSA) is 46.6 Å². The largest absolute Gasteiger partial charge is 0.444 e. The zero-order valence-corrected chi connectivity index (χ0v) is 10.9. The molecule has 4 nitrogen and oxygen atoms in total. The Kier molecular flexibility index (Phi) is 4.34. The smallest absolute Gasteiger partial charge is 0.414 e. The van der Waals surface area contributed by atoms with Gasteiger partial charge < -0.3 is 4.74 Å². The van der Waals surface area contributed by atoms with Crippen LogP contribution in [0.15, 0.2) is 42.6 Å². The molecule has 0 bridgehead atoms. The lowest BCUT2D eigenvalue weighted by Crippen LogP contribution is -2.39. The van der Waals surface area contributed by atoms with Crippen LogP contribution in [0.25, 0.3) is 0 Å². The van der Waals surface area contributed by atoms with E-state index in [0.29, 0.717) is 6.42 Å². The van der Waals surface area contributed by atoms with Crippen molar-refractivity contribution in [3.05, 3.63) is 48.2 Å². The SMILES string of the molecule is CCC1CC(=O)C=CN1C(=O)OCc1ccccc1. The van der Waals surface area contributed by atoms with Crippen LogP contribution in [0.2, 0.25) is 0 Å². The number of ether oxygens (including phenoxy) is 1. The molecule has 0 fully saturated rings. The lowest BCUT2D eigenvalue weighted by Gasteiger charge is -2.29. The molecule has 0 saturated carbocycles. The van der Waals surface area contributed by atoms with Crippen LogP contribution in [0.1, 0.15) is 25.3 Å². The van der Waals surface area contributed by atoms with E-state index < -0.39 is 6.09 Å². The first kappa shape index (κ1) is 13.3. The summed E-state index contributed by atoms with van der Waals surface area (Å²) in [4.78, 5) is 24.8. The van der Waals surface area contributed by atoms with Gasteiger partial charge in [-0.2, -0.15) is 0 Å². The molecule has 0 radical (unpaired) electrons. The molecule has 1 unspecified atom stereocenters. The summed E-state index contributed by atoms with van der Waals surface area (Å²) in [5.41, 5.74) is 0.945. The first-order valence-corrected chi connectivity index (χ1v) is 6.40. The third-order valence-electron chi connectivity index (χ3n) is 3.14. The average molecular weight is 259 g/mol. The van der Waals surface area contributed by atoms with Crippen molar-refractivity contribution in [2.24, 2.45) is 0 Å². The summed E-state index contributed by atoms with van der Waals surface area (Å²) in [6.45, 7) is 2.20. The highest BCUT2D eigenvalue weighted by Gasteiger charge is 2.26. The Bertz CT molecular complexity index is 481. The number of hydrogen-bond donors (Lipinski definition) is 0. The van der Waals surface area contributed by atoms with Gasteiger partial charge in [-0.3, -0.25) is 9.69 Å². The first-order chi connectivity index (χ1) is 9.20. The molecule has 0 N–H and O–H groups in total. The average Bonchev–Trinajstić information content (AvgIpc) is 2.45. The molecule has 0 saturated heterocycles. The van der Waals surface area contributed by atoms with Crippen molar-refractivity contribution in [1.29, 1.82) is 0 Å². The quantitative estimate of drug-likeness (QED) is 0.838. The number of carbonyl (C=O) groups is 2. The van der Waals surface area contributed by atoms with Gasteiger partial charge in [0.25, 0.3) is 0 Å². The van der Waals surface area contributed by atoms with Gasteiger partial charge in [0.2, 0.25) is 0 Å². The Morgan fingerprint density at radius 1 is 1.37 bits per heavy atom. The molecule has 0 aliphatic carbocycles. The van der Waals surface area contributed by atoms with E-state index in [-0.39, 0.29) is 18.4 Å². The predicted octanol–water partition coefficient (Wildman–Crippen LogP) is 2.89. The molecule has 4 heteroatoms. The predicted molar refractivity (Wildman–Crippen MR) is 71.3 cm³/mol. The second-order valence-electron chi connectivity index (χ2n) is 4.50. The second kappa shape index (κ2) is 6.18. The van der Waals surface area contributed by atoms with E-state index in [1.165, 1.54) is 17.2 Å². The lowest BCUT2D eigenvalue weighted by atomic mass is 10.0. The maximum absolute atomic E-state index is 12.0. The molecule has 1 aromatic carbocycles. The molecule has 1 atom stereocenters. The Morgan fingerprint density at radius 2 is 2.11 bits per heavy atom. The molecular formula is C15H17NO3. The molecule has 1 amide bonds. The molecule has 1 aromatic rings. The summed E-state index contributed by atoms with van der Waals surface area (Å²) in [5, 5.41) is 0.